The van der Waals surface area contributed by atoms with Gasteiger partial charge in [0.2, 0.25) is 0 Å². The van der Waals surface area contributed by atoms with Crippen LogP contribution in [0.2, 0.25) is 5.02 Å². The molecule has 0 radical (unpaired) electrons. The van der Waals surface area contributed by atoms with Gasteiger partial charge in [-0.3, -0.25) is 4.90 Å². The summed E-state index contributed by atoms with van der Waals surface area (Å²) in [6, 6.07) is 4.74. The summed E-state index contributed by atoms with van der Waals surface area (Å²) in [7, 11) is 2.01. The maximum Gasteiger partial charge on any atom is 0.129 e. The molecule has 1 aromatic rings. The molecule has 2 rings (SSSR count). The van der Waals surface area contributed by atoms with Crippen molar-refractivity contribution in [3.63, 3.8) is 0 Å². The standard InChI is InChI=1S/C14H20ClFN2/c1-9-5-10(9)8-18(2)14(7-17)12-4-3-11(15)6-13(12)16/h3-4,6,9-10,14H,5,7-8,17H2,1-2H3. The third kappa shape index (κ3) is 3.02. The second-order valence-electron chi connectivity index (χ2n) is 5.33. The van der Waals surface area contributed by atoms with Gasteiger partial charge in [0.25, 0.3) is 0 Å². The molecule has 2 N–H and O–H groups in total. The number of nitrogens with zero attached hydrogens (tertiary/aromatic N) is 1. The molecule has 0 spiro atoms. The van der Waals surface area contributed by atoms with E-state index in [-0.39, 0.29) is 11.9 Å². The third-order valence-electron chi connectivity index (χ3n) is 3.88. The zero-order valence-electron chi connectivity index (χ0n) is 10.9. The van der Waals surface area contributed by atoms with Gasteiger partial charge < -0.3 is 5.73 Å². The molecule has 0 aromatic heterocycles. The summed E-state index contributed by atoms with van der Waals surface area (Å²) in [4.78, 5) is 2.15. The minimum Gasteiger partial charge on any atom is -0.329 e. The van der Waals surface area contributed by atoms with Gasteiger partial charge in [0, 0.05) is 29.7 Å². The molecule has 0 amide bonds. The summed E-state index contributed by atoms with van der Waals surface area (Å²) in [5.74, 6) is 1.26. The Bertz CT molecular complexity index is 424. The molecule has 1 aliphatic rings. The number of halogens is 2. The number of nitrogens with two attached hydrogens (primary N) is 1. The summed E-state index contributed by atoms with van der Waals surface area (Å²) in [5, 5.41) is 0.422. The van der Waals surface area contributed by atoms with E-state index in [1.54, 1.807) is 12.1 Å². The molecule has 0 aliphatic heterocycles. The molecule has 18 heavy (non-hydrogen) atoms. The Hall–Kier alpha value is -0.640. The minimum absolute atomic E-state index is 0.0740. The van der Waals surface area contributed by atoms with Crippen molar-refractivity contribution in [3.05, 3.63) is 34.6 Å². The molecular weight excluding hydrogens is 251 g/mol. The summed E-state index contributed by atoms with van der Waals surface area (Å²) >= 11 is 5.77. The van der Waals surface area contributed by atoms with Crippen molar-refractivity contribution >= 4 is 11.6 Å². The second-order valence-corrected chi connectivity index (χ2v) is 5.77. The molecule has 0 bridgehead atoms. The fourth-order valence-corrected chi connectivity index (χ4v) is 2.63. The van der Waals surface area contributed by atoms with E-state index in [9.17, 15) is 4.39 Å². The van der Waals surface area contributed by atoms with Crippen LogP contribution in [0.15, 0.2) is 18.2 Å². The van der Waals surface area contributed by atoms with Crippen molar-refractivity contribution < 1.29 is 4.39 Å². The van der Waals surface area contributed by atoms with Crippen LogP contribution in [0.3, 0.4) is 0 Å². The van der Waals surface area contributed by atoms with Gasteiger partial charge in [0.15, 0.2) is 0 Å². The molecule has 1 aliphatic carbocycles. The molecular formula is C14H20ClFN2. The van der Waals surface area contributed by atoms with Gasteiger partial charge in [0.1, 0.15) is 5.82 Å². The van der Waals surface area contributed by atoms with Crippen molar-refractivity contribution in [3.8, 4) is 0 Å². The molecule has 100 valence electrons. The first-order chi connectivity index (χ1) is 8.52. The molecule has 0 heterocycles. The molecule has 1 fully saturated rings. The normalized spacial score (nSPS) is 24.3. The van der Waals surface area contributed by atoms with Crippen LogP contribution >= 0.6 is 11.6 Å². The smallest absolute Gasteiger partial charge is 0.129 e. The van der Waals surface area contributed by atoms with Crippen LogP contribution in [0.1, 0.15) is 24.9 Å². The highest BCUT2D eigenvalue weighted by Gasteiger charge is 2.34. The molecule has 2 nitrogen and oxygen atoms in total. The molecule has 1 aromatic carbocycles. The van der Waals surface area contributed by atoms with Crippen molar-refractivity contribution in [2.24, 2.45) is 17.6 Å². The van der Waals surface area contributed by atoms with Crippen molar-refractivity contribution in [1.29, 1.82) is 0 Å². The quantitative estimate of drug-likeness (QED) is 0.891. The lowest BCUT2D eigenvalue weighted by molar-refractivity contribution is 0.232. The van der Waals surface area contributed by atoms with E-state index in [1.165, 1.54) is 12.5 Å². The Morgan fingerprint density at radius 2 is 2.22 bits per heavy atom. The predicted octanol–water partition coefficient (Wildman–Crippen LogP) is 3.07. The first-order valence-corrected chi connectivity index (χ1v) is 6.76. The van der Waals surface area contributed by atoms with Gasteiger partial charge >= 0.3 is 0 Å². The summed E-state index contributed by atoms with van der Waals surface area (Å²) in [6.07, 6.45) is 1.27. The van der Waals surface area contributed by atoms with Crippen LogP contribution in [0.25, 0.3) is 0 Å². The van der Waals surface area contributed by atoms with Gasteiger partial charge in [-0.2, -0.15) is 0 Å². The second kappa shape index (κ2) is 5.55. The number of hydrogen-bond acceptors (Lipinski definition) is 2. The van der Waals surface area contributed by atoms with E-state index in [0.29, 0.717) is 17.1 Å². The van der Waals surface area contributed by atoms with Gasteiger partial charge in [-0.25, -0.2) is 4.39 Å². The van der Waals surface area contributed by atoms with Crippen molar-refractivity contribution in [2.45, 2.75) is 19.4 Å². The highest BCUT2D eigenvalue weighted by atomic mass is 35.5. The van der Waals surface area contributed by atoms with Crippen LogP contribution in [0.5, 0.6) is 0 Å². The van der Waals surface area contributed by atoms with E-state index >= 15 is 0 Å². The Balaban J connectivity index is 2.11. The number of rotatable bonds is 5. The van der Waals surface area contributed by atoms with Gasteiger partial charge in [0.05, 0.1) is 0 Å². The molecule has 3 unspecified atom stereocenters. The van der Waals surface area contributed by atoms with Crippen molar-refractivity contribution in [2.75, 3.05) is 20.1 Å². The number of hydrogen-bond donors (Lipinski definition) is 1. The van der Waals surface area contributed by atoms with Gasteiger partial charge in [-0.05, 0) is 37.4 Å². The van der Waals surface area contributed by atoms with E-state index in [0.717, 1.165) is 18.4 Å². The molecule has 3 atom stereocenters. The van der Waals surface area contributed by atoms with E-state index in [1.807, 2.05) is 7.05 Å². The van der Waals surface area contributed by atoms with Crippen LogP contribution < -0.4 is 5.73 Å². The highest BCUT2D eigenvalue weighted by molar-refractivity contribution is 6.30. The Labute approximate surface area is 113 Å². The van der Waals surface area contributed by atoms with E-state index < -0.39 is 0 Å². The Morgan fingerprint density at radius 1 is 1.56 bits per heavy atom. The van der Waals surface area contributed by atoms with Crippen LogP contribution in [0.4, 0.5) is 4.39 Å². The van der Waals surface area contributed by atoms with Gasteiger partial charge in [-0.15, -0.1) is 0 Å². The molecule has 0 saturated heterocycles. The summed E-state index contributed by atoms with van der Waals surface area (Å²) < 4.78 is 13.9. The number of benzene rings is 1. The molecule has 1 saturated carbocycles. The first kappa shape index (κ1) is 13.8. The lowest BCUT2D eigenvalue weighted by Gasteiger charge is -2.27. The zero-order valence-corrected chi connectivity index (χ0v) is 11.6. The average molecular weight is 271 g/mol. The fraction of sp³-hybridized carbons (Fsp3) is 0.571. The predicted molar refractivity (Wildman–Crippen MR) is 73.1 cm³/mol. The lowest BCUT2D eigenvalue weighted by atomic mass is 10.0. The lowest BCUT2D eigenvalue weighted by Crippen LogP contribution is -2.32. The van der Waals surface area contributed by atoms with Gasteiger partial charge in [-0.1, -0.05) is 24.6 Å². The first-order valence-electron chi connectivity index (χ1n) is 6.38. The number of likely N-dealkylation sites (N-methyl/N-ethyl adjacent to an activating group) is 1. The van der Waals surface area contributed by atoms with E-state index in [2.05, 4.69) is 11.8 Å². The maximum atomic E-state index is 13.9. The molecule has 4 heteroatoms. The monoisotopic (exact) mass is 270 g/mol. The van der Waals surface area contributed by atoms with Crippen LogP contribution in [-0.4, -0.2) is 25.0 Å². The average Bonchev–Trinajstić information content (AvgIpc) is 2.98. The van der Waals surface area contributed by atoms with E-state index in [4.69, 9.17) is 17.3 Å². The summed E-state index contributed by atoms with van der Waals surface area (Å²) in [6.45, 7) is 3.64. The highest BCUT2D eigenvalue weighted by Crippen LogP contribution is 2.39. The van der Waals surface area contributed by atoms with Crippen LogP contribution in [-0.2, 0) is 0 Å². The Morgan fingerprint density at radius 3 is 2.72 bits per heavy atom. The minimum atomic E-state index is -0.270. The largest absolute Gasteiger partial charge is 0.329 e. The topological polar surface area (TPSA) is 29.3 Å². The fourth-order valence-electron chi connectivity index (χ4n) is 2.47. The van der Waals surface area contributed by atoms with Crippen molar-refractivity contribution in [1.82, 2.24) is 4.90 Å². The van der Waals surface area contributed by atoms with Crippen LogP contribution in [0, 0.1) is 17.7 Å². The summed E-state index contributed by atoms with van der Waals surface area (Å²) in [5.41, 5.74) is 6.44. The zero-order chi connectivity index (χ0) is 13.3. The maximum absolute atomic E-state index is 13.9. The Kier molecular flexibility index (Phi) is 4.25. The third-order valence-corrected chi connectivity index (χ3v) is 4.11. The SMILES string of the molecule is CC1CC1CN(C)C(CN)c1ccc(Cl)cc1F.